The SMILES string of the molecule is CCOC(=O)C1[C@H]2COc3cc(C(C)=O)ccc3[C@@H]12. The summed E-state index contributed by atoms with van der Waals surface area (Å²) in [6.45, 7) is 4.29. The van der Waals surface area contributed by atoms with Gasteiger partial charge in [-0.05, 0) is 25.5 Å². The average molecular weight is 260 g/mol. The minimum absolute atomic E-state index is 0.0197. The van der Waals surface area contributed by atoms with Crippen LogP contribution in [0.5, 0.6) is 5.75 Å². The lowest BCUT2D eigenvalue weighted by Crippen LogP contribution is -2.11. The van der Waals surface area contributed by atoms with Gasteiger partial charge < -0.3 is 9.47 Å². The number of hydrogen-bond donors (Lipinski definition) is 0. The molecular formula is C15H16O4. The lowest BCUT2D eigenvalue weighted by atomic mass is 10.0. The molecule has 0 spiro atoms. The van der Waals surface area contributed by atoms with Crippen molar-refractivity contribution in [2.24, 2.45) is 11.8 Å². The summed E-state index contributed by atoms with van der Waals surface area (Å²) in [5.41, 5.74) is 1.67. The molecule has 1 aliphatic carbocycles. The lowest BCUT2D eigenvalue weighted by molar-refractivity contribution is -0.145. The Morgan fingerprint density at radius 3 is 2.89 bits per heavy atom. The summed E-state index contributed by atoms with van der Waals surface area (Å²) < 4.78 is 10.8. The molecule has 1 aliphatic heterocycles. The predicted molar refractivity (Wildman–Crippen MR) is 68.3 cm³/mol. The summed E-state index contributed by atoms with van der Waals surface area (Å²) in [4.78, 5) is 23.2. The molecule has 1 heterocycles. The topological polar surface area (TPSA) is 52.6 Å². The first-order valence-corrected chi connectivity index (χ1v) is 6.57. The van der Waals surface area contributed by atoms with Gasteiger partial charge in [0.1, 0.15) is 5.75 Å². The number of carbonyl (C=O) groups is 2. The van der Waals surface area contributed by atoms with Crippen molar-refractivity contribution in [2.45, 2.75) is 19.8 Å². The van der Waals surface area contributed by atoms with Gasteiger partial charge in [-0.25, -0.2) is 0 Å². The Labute approximate surface area is 111 Å². The summed E-state index contributed by atoms with van der Waals surface area (Å²) >= 11 is 0. The van der Waals surface area contributed by atoms with Crippen LogP contribution in [0.15, 0.2) is 18.2 Å². The number of Topliss-reactive ketones (excluding diaryl/α,β-unsaturated/α-hetero) is 1. The molecule has 1 fully saturated rings. The predicted octanol–water partition coefficient (Wildman–Crippen LogP) is 2.17. The van der Waals surface area contributed by atoms with Crippen LogP contribution >= 0.6 is 0 Å². The minimum atomic E-state index is -0.135. The molecule has 0 saturated heterocycles. The number of esters is 1. The molecular weight excluding hydrogens is 244 g/mol. The van der Waals surface area contributed by atoms with E-state index in [0.29, 0.717) is 18.8 Å². The van der Waals surface area contributed by atoms with Crippen LogP contribution in [-0.4, -0.2) is 25.0 Å². The van der Waals surface area contributed by atoms with E-state index in [1.807, 2.05) is 13.0 Å². The second-order valence-corrected chi connectivity index (χ2v) is 5.09. The van der Waals surface area contributed by atoms with Crippen LogP contribution in [0.4, 0.5) is 0 Å². The van der Waals surface area contributed by atoms with Gasteiger partial charge in [-0.2, -0.15) is 0 Å². The highest BCUT2D eigenvalue weighted by atomic mass is 16.5. The van der Waals surface area contributed by atoms with Crippen molar-refractivity contribution in [3.63, 3.8) is 0 Å². The van der Waals surface area contributed by atoms with Crippen LogP contribution in [0, 0.1) is 11.8 Å². The largest absolute Gasteiger partial charge is 0.493 e. The van der Waals surface area contributed by atoms with Crippen LogP contribution in [0.25, 0.3) is 0 Å². The van der Waals surface area contributed by atoms with Gasteiger partial charge in [-0.15, -0.1) is 0 Å². The summed E-state index contributed by atoms with van der Waals surface area (Å²) in [7, 11) is 0. The zero-order valence-electron chi connectivity index (χ0n) is 11.0. The molecule has 1 saturated carbocycles. The van der Waals surface area contributed by atoms with E-state index in [-0.39, 0.29) is 29.5 Å². The normalized spacial score (nSPS) is 26.7. The van der Waals surface area contributed by atoms with Crippen molar-refractivity contribution in [3.05, 3.63) is 29.3 Å². The Kier molecular flexibility index (Phi) is 2.81. The third-order valence-corrected chi connectivity index (χ3v) is 3.94. The number of benzene rings is 1. The Hall–Kier alpha value is -1.84. The van der Waals surface area contributed by atoms with Crippen LogP contribution in [-0.2, 0) is 9.53 Å². The Morgan fingerprint density at radius 2 is 2.21 bits per heavy atom. The van der Waals surface area contributed by atoms with Crippen LogP contribution in [0.1, 0.15) is 35.7 Å². The fourth-order valence-electron chi connectivity index (χ4n) is 2.90. The number of hydrogen-bond acceptors (Lipinski definition) is 4. The monoisotopic (exact) mass is 260 g/mol. The van der Waals surface area contributed by atoms with E-state index in [1.54, 1.807) is 12.1 Å². The highest BCUT2D eigenvalue weighted by Crippen LogP contribution is 2.59. The molecule has 2 aliphatic rings. The molecule has 1 aromatic rings. The lowest BCUT2D eigenvalue weighted by Gasteiger charge is -2.16. The molecule has 4 heteroatoms. The van der Waals surface area contributed by atoms with E-state index >= 15 is 0 Å². The van der Waals surface area contributed by atoms with Gasteiger partial charge in [0, 0.05) is 17.4 Å². The van der Waals surface area contributed by atoms with Gasteiger partial charge in [0.25, 0.3) is 0 Å². The zero-order chi connectivity index (χ0) is 13.6. The first-order chi connectivity index (χ1) is 9.13. The Balaban J connectivity index is 1.87. The molecule has 1 aromatic carbocycles. The number of rotatable bonds is 3. The van der Waals surface area contributed by atoms with E-state index < -0.39 is 0 Å². The fraction of sp³-hybridized carbons (Fsp3) is 0.467. The van der Waals surface area contributed by atoms with Crippen LogP contribution < -0.4 is 4.74 Å². The van der Waals surface area contributed by atoms with Gasteiger partial charge in [-0.1, -0.05) is 12.1 Å². The average Bonchev–Trinajstić information content (AvgIpc) is 3.13. The highest BCUT2D eigenvalue weighted by Gasteiger charge is 2.59. The van der Waals surface area contributed by atoms with E-state index in [4.69, 9.17) is 9.47 Å². The molecule has 0 aromatic heterocycles. The molecule has 0 N–H and O–H groups in total. The van der Waals surface area contributed by atoms with E-state index in [2.05, 4.69) is 0 Å². The number of fused-ring (bicyclic) bond motifs is 3. The first-order valence-electron chi connectivity index (χ1n) is 6.57. The molecule has 0 amide bonds. The third kappa shape index (κ3) is 1.91. The van der Waals surface area contributed by atoms with Gasteiger partial charge in [0.15, 0.2) is 5.78 Å². The second kappa shape index (κ2) is 4.37. The maximum absolute atomic E-state index is 11.8. The van der Waals surface area contributed by atoms with Gasteiger partial charge >= 0.3 is 5.97 Å². The summed E-state index contributed by atoms with van der Waals surface area (Å²) in [5.74, 6) is 0.972. The van der Waals surface area contributed by atoms with Crippen molar-refractivity contribution >= 4 is 11.8 Å². The van der Waals surface area contributed by atoms with Crippen molar-refractivity contribution in [1.29, 1.82) is 0 Å². The Morgan fingerprint density at radius 1 is 1.42 bits per heavy atom. The van der Waals surface area contributed by atoms with Crippen molar-refractivity contribution in [3.8, 4) is 5.75 Å². The highest BCUT2D eigenvalue weighted by molar-refractivity contribution is 5.94. The summed E-state index contributed by atoms with van der Waals surface area (Å²) in [5, 5.41) is 0. The summed E-state index contributed by atoms with van der Waals surface area (Å²) in [6, 6.07) is 5.48. The molecule has 19 heavy (non-hydrogen) atoms. The first kappa shape index (κ1) is 12.2. The molecule has 4 nitrogen and oxygen atoms in total. The van der Waals surface area contributed by atoms with E-state index in [1.165, 1.54) is 6.92 Å². The van der Waals surface area contributed by atoms with E-state index in [0.717, 1.165) is 11.3 Å². The smallest absolute Gasteiger partial charge is 0.309 e. The maximum Gasteiger partial charge on any atom is 0.309 e. The minimum Gasteiger partial charge on any atom is -0.493 e. The fourth-order valence-corrected chi connectivity index (χ4v) is 2.90. The van der Waals surface area contributed by atoms with Crippen molar-refractivity contribution in [1.82, 2.24) is 0 Å². The van der Waals surface area contributed by atoms with Crippen LogP contribution in [0.2, 0.25) is 0 Å². The standard InChI is InChI=1S/C15H16O4/c1-3-18-15(17)14-11-7-19-12-6-9(8(2)16)4-5-10(12)13(11)14/h4-6,11,13-14H,3,7H2,1-2H3/t11-,13+,14?/m0/s1. The maximum atomic E-state index is 11.8. The second-order valence-electron chi connectivity index (χ2n) is 5.09. The third-order valence-electron chi connectivity index (χ3n) is 3.94. The quantitative estimate of drug-likeness (QED) is 0.617. The summed E-state index contributed by atoms with van der Waals surface area (Å²) in [6.07, 6.45) is 0. The number of ether oxygens (including phenoxy) is 2. The van der Waals surface area contributed by atoms with Gasteiger partial charge in [0.05, 0.1) is 19.1 Å². The molecule has 100 valence electrons. The molecule has 3 atom stereocenters. The molecule has 0 radical (unpaired) electrons. The van der Waals surface area contributed by atoms with Gasteiger partial charge in [0.2, 0.25) is 0 Å². The van der Waals surface area contributed by atoms with E-state index in [9.17, 15) is 9.59 Å². The van der Waals surface area contributed by atoms with Gasteiger partial charge in [-0.3, -0.25) is 9.59 Å². The number of ketones is 1. The molecule has 3 rings (SSSR count). The number of carbonyl (C=O) groups excluding carboxylic acids is 2. The Bertz CT molecular complexity index is 549. The van der Waals surface area contributed by atoms with Crippen molar-refractivity contribution < 1.29 is 19.1 Å². The van der Waals surface area contributed by atoms with Crippen molar-refractivity contribution in [2.75, 3.05) is 13.2 Å². The molecule has 0 bridgehead atoms. The van der Waals surface area contributed by atoms with Crippen LogP contribution in [0.3, 0.4) is 0 Å². The molecule has 1 unspecified atom stereocenters. The zero-order valence-corrected chi connectivity index (χ0v) is 11.0.